The third-order valence-electron chi connectivity index (χ3n) is 5.90. The summed E-state index contributed by atoms with van der Waals surface area (Å²) in [5.74, 6) is -4.47. The number of aromatic nitrogens is 1. The Kier molecular flexibility index (Phi) is 8.98. The lowest BCUT2D eigenvalue weighted by molar-refractivity contribution is -0.149. The number of hydrogen-bond donors (Lipinski definition) is 3. The Labute approximate surface area is 208 Å². The van der Waals surface area contributed by atoms with Crippen molar-refractivity contribution in [2.45, 2.75) is 38.1 Å². The maximum absolute atomic E-state index is 12.6. The van der Waals surface area contributed by atoms with Crippen molar-refractivity contribution in [1.29, 1.82) is 0 Å². The predicted octanol–water partition coefficient (Wildman–Crippen LogP) is 4.80. The van der Waals surface area contributed by atoms with E-state index < -0.39 is 36.6 Å². The molecule has 3 N–H and O–H groups in total. The first-order chi connectivity index (χ1) is 16.7. The fraction of sp³-hybridized carbons (Fsp3) is 0.259. The minimum absolute atomic E-state index is 0.120. The second kappa shape index (κ2) is 12.1. The smallest absolute Gasteiger partial charge is 0.307 e. The van der Waals surface area contributed by atoms with Crippen molar-refractivity contribution in [3.05, 3.63) is 89.2 Å². The third kappa shape index (κ3) is 7.65. The summed E-state index contributed by atoms with van der Waals surface area (Å²) in [6, 6.07) is 19.0. The highest BCUT2D eigenvalue weighted by Crippen LogP contribution is 2.28. The molecule has 8 heteroatoms. The molecule has 0 fully saturated rings. The number of benzene rings is 2. The van der Waals surface area contributed by atoms with Gasteiger partial charge in [0.15, 0.2) is 0 Å². The Balaban J connectivity index is 1.81. The van der Waals surface area contributed by atoms with Crippen molar-refractivity contribution in [2.75, 3.05) is 0 Å². The van der Waals surface area contributed by atoms with Gasteiger partial charge in [-0.1, -0.05) is 54.1 Å². The largest absolute Gasteiger partial charge is 0.481 e. The van der Waals surface area contributed by atoms with Crippen molar-refractivity contribution in [3.8, 4) is 11.1 Å². The minimum atomic E-state index is -1.31. The quantitative estimate of drug-likeness (QED) is 0.352. The highest BCUT2D eigenvalue weighted by Gasteiger charge is 2.27. The number of hydrogen-bond acceptors (Lipinski definition) is 4. The summed E-state index contributed by atoms with van der Waals surface area (Å²) in [4.78, 5) is 39.1. The van der Waals surface area contributed by atoms with Crippen molar-refractivity contribution in [3.63, 3.8) is 0 Å². The van der Waals surface area contributed by atoms with E-state index in [-0.39, 0.29) is 12.0 Å². The van der Waals surface area contributed by atoms with Gasteiger partial charge in [-0.25, -0.2) is 0 Å². The Morgan fingerprint density at radius 3 is 2.20 bits per heavy atom. The summed E-state index contributed by atoms with van der Waals surface area (Å²) in [7, 11) is 0. The number of amides is 1. The van der Waals surface area contributed by atoms with Gasteiger partial charge in [0.1, 0.15) is 0 Å². The fourth-order valence-corrected chi connectivity index (χ4v) is 4.13. The van der Waals surface area contributed by atoms with Gasteiger partial charge < -0.3 is 15.5 Å². The third-order valence-corrected chi connectivity index (χ3v) is 6.15. The molecular weight excluding hydrogens is 468 g/mol. The van der Waals surface area contributed by atoms with E-state index in [1.54, 1.807) is 12.4 Å². The molecule has 0 spiro atoms. The number of carboxylic acids is 2. The molecule has 7 nitrogen and oxygen atoms in total. The Morgan fingerprint density at radius 2 is 1.63 bits per heavy atom. The van der Waals surface area contributed by atoms with Crippen molar-refractivity contribution in [1.82, 2.24) is 10.3 Å². The van der Waals surface area contributed by atoms with Crippen LogP contribution in [0.2, 0.25) is 5.02 Å². The van der Waals surface area contributed by atoms with Gasteiger partial charge in [0.05, 0.1) is 12.3 Å². The normalized spacial score (nSPS) is 13.4. The Bertz CT molecular complexity index is 1150. The molecule has 2 aromatic carbocycles. The van der Waals surface area contributed by atoms with E-state index in [9.17, 15) is 19.5 Å². The van der Waals surface area contributed by atoms with Gasteiger partial charge in [-0.05, 0) is 53.8 Å². The molecule has 0 aliphatic carbocycles. The lowest BCUT2D eigenvalue weighted by atomic mass is 9.85. The van der Waals surface area contributed by atoms with E-state index in [1.165, 1.54) is 0 Å². The van der Waals surface area contributed by atoms with Crippen molar-refractivity contribution >= 4 is 29.4 Å². The van der Waals surface area contributed by atoms with Crippen LogP contribution in [-0.4, -0.2) is 39.1 Å². The summed E-state index contributed by atoms with van der Waals surface area (Å²) in [5, 5.41) is 21.7. The molecule has 182 valence electrons. The van der Waals surface area contributed by atoms with Gasteiger partial charge in [-0.2, -0.15) is 0 Å². The minimum Gasteiger partial charge on any atom is -0.481 e. The highest BCUT2D eigenvalue weighted by atomic mass is 35.5. The second-order valence-corrected chi connectivity index (χ2v) is 8.93. The molecule has 0 aliphatic heterocycles. The molecule has 0 saturated heterocycles. The lowest BCUT2D eigenvalue weighted by Crippen LogP contribution is -2.39. The molecule has 3 atom stereocenters. The molecule has 0 radical (unpaired) electrons. The number of aliphatic carboxylic acids is 2. The fourth-order valence-electron chi connectivity index (χ4n) is 4.01. The first-order valence-electron chi connectivity index (χ1n) is 11.2. The first-order valence-corrected chi connectivity index (χ1v) is 11.6. The van der Waals surface area contributed by atoms with Crippen LogP contribution < -0.4 is 5.32 Å². The standard InChI is InChI=1S/C27H27ClN2O5/c1-17(30-25(31)14-22(27(34)35)15-26(32)33)24(13-18-4-10-23(28)11-5-18)20-8-6-19(7-9-20)21-3-2-12-29-16-21/h2-12,16-17,22,24H,13-15H2,1H3,(H,30,31)(H,32,33)(H,34,35). The summed E-state index contributed by atoms with van der Waals surface area (Å²) >= 11 is 6.03. The molecular formula is C27H27ClN2O5. The molecule has 3 rings (SSSR count). The van der Waals surface area contributed by atoms with Gasteiger partial charge in [-0.15, -0.1) is 0 Å². The van der Waals surface area contributed by atoms with Crippen LogP contribution in [0.3, 0.4) is 0 Å². The molecule has 0 saturated carbocycles. The molecule has 0 aliphatic rings. The monoisotopic (exact) mass is 494 g/mol. The maximum atomic E-state index is 12.6. The van der Waals surface area contributed by atoms with Gasteiger partial charge in [0, 0.05) is 35.8 Å². The maximum Gasteiger partial charge on any atom is 0.307 e. The zero-order valence-electron chi connectivity index (χ0n) is 19.2. The Hall–Kier alpha value is -3.71. The topological polar surface area (TPSA) is 117 Å². The van der Waals surface area contributed by atoms with Gasteiger partial charge in [-0.3, -0.25) is 19.4 Å². The average molecular weight is 495 g/mol. The molecule has 1 aromatic heterocycles. The summed E-state index contributed by atoms with van der Waals surface area (Å²) in [6.07, 6.45) is 3.11. The zero-order chi connectivity index (χ0) is 25.4. The summed E-state index contributed by atoms with van der Waals surface area (Å²) < 4.78 is 0. The van der Waals surface area contributed by atoms with E-state index in [4.69, 9.17) is 16.7 Å². The first kappa shape index (κ1) is 25.9. The number of pyridine rings is 1. The van der Waals surface area contributed by atoms with E-state index >= 15 is 0 Å². The van der Waals surface area contributed by atoms with Crippen molar-refractivity contribution < 1.29 is 24.6 Å². The molecule has 3 aromatic rings. The lowest BCUT2D eigenvalue weighted by Gasteiger charge is -2.26. The zero-order valence-corrected chi connectivity index (χ0v) is 20.0. The van der Waals surface area contributed by atoms with Crippen LogP contribution in [0.1, 0.15) is 36.8 Å². The molecule has 35 heavy (non-hydrogen) atoms. The van der Waals surface area contributed by atoms with Crippen LogP contribution in [0.15, 0.2) is 73.1 Å². The van der Waals surface area contributed by atoms with E-state index in [2.05, 4.69) is 10.3 Å². The van der Waals surface area contributed by atoms with E-state index in [1.807, 2.05) is 67.6 Å². The van der Waals surface area contributed by atoms with Gasteiger partial charge in [0.25, 0.3) is 0 Å². The van der Waals surface area contributed by atoms with Crippen LogP contribution in [0.4, 0.5) is 0 Å². The average Bonchev–Trinajstić information content (AvgIpc) is 2.83. The van der Waals surface area contributed by atoms with E-state index in [0.717, 1.165) is 22.3 Å². The molecule has 3 unspecified atom stereocenters. The number of rotatable bonds is 11. The SMILES string of the molecule is CC(NC(=O)CC(CC(=O)O)C(=O)O)C(Cc1ccc(Cl)cc1)c1ccc(-c2cccnc2)cc1. The van der Waals surface area contributed by atoms with Gasteiger partial charge >= 0.3 is 11.9 Å². The molecule has 1 amide bonds. The van der Waals surface area contributed by atoms with Crippen LogP contribution in [0.25, 0.3) is 11.1 Å². The predicted molar refractivity (Wildman–Crippen MR) is 133 cm³/mol. The summed E-state index contributed by atoms with van der Waals surface area (Å²) in [5.41, 5.74) is 4.04. The number of nitrogens with zero attached hydrogens (tertiary/aromatic N) is 1. The number of nitrogens with one attached hydrogen (secondary N) is 1. The number of carboxylic acid groups (broad SMARTS) is 2. The van der Waals surface area contributed by atoms with Crippen LogP contribution >= 0.6 is 11.6 Å². The molecule has 1 heterocycles. The van der Waals surface area contributed by atoms with Crippen LogP contribution in [-0.2, 0) is 20.8 Å². The van der Waals surface area contributed by atoms with Crippen molar-refractivity contribution in [2.24, 2.45) is 5.92 Å². The van der Waals surface area contributed by atoms with Crippen LogP contribution in [0, 0.1) is 5.92 Å². The summed E-state index contributed by atoms with van der Waals surface area (Å²) in [6.45, 7) is 1.86. The number of carbonyl (C=O) groups excluding carboxylic acids is 1. The van der Waals surface area contributed by atoms with Gasteiger partial charge in [0.2, 0.25) is 5.91 Å². The van der Waals surface area contributed by atoms with Crippen LogP contribution in [0.5, 0.6) is 0 Å². The number of halogens is 1. The van der Waals surface area contributed by atoms with E-state index in [0.29, 0.717) is 11.4 Å². The Morgan fingerprint density at radius 1 is 0.943 bits per heavy atom. The number of carbonyl (C=O) groups is 3. The molecule has 0 bridgehead atoms. The second-order valence-electron chi connectivity index (χ2n) is 8.49. The highest BCUT2D eigenvalue weighted by molar-refractivity contribution is 6.30.